The SMILES string of the molecule is CCNCc1cccc2oc(Cc3ccccc3)cc12. The van der Waals surface area contributed by atoms with Crippen LogP contribution >= 0.6 is 0 Å². The molecule has 2 heteroatoms. The van der Waals surface area contributed by atoms with Gasteiger partial charge in [0, 0.05) is 18.4 Å². The molecule has 0 spiro atoms. The molecule has 0 radical (unpaired) electrons. The molecule has 0 aliphatic heterocycles. The normalized spacial score (nSPS) is 11.1. The van der Waals surface area contributed by atoms with Crippen molar-refractivity contribution in [2.24, 2.45) is 0 Å². The van der Waals surface area contributed by atoms with E-state index < -0.39 is 0 Å². The standard InChI is InChI=1S/C18H19NO/c1-2-19-13-15-9-6-10-18-17(15)12-16(20-18)11-14-7-4-3-5-8-14/h3-10,12,19H,2,11,13H2,1H3. The first-order chi connectivity index (χ1) is 9.86. The van der Waals surface area contributed by atoms with Crippen molar-refractivity contribution in [1.29, 1.82) is 0 Å². The summed E-state index contributed by atoms with van der Waals surface area (Å²) in [5, 5.41) is 4.60. The van der Waals surface area contributed by atoms with Gasteiger partial charge in [0.1, 0.15) is 11.3 Å². The van der Waals surface area contributed by atoms with Crippen LogP contribution in [-0.2, 0) is 13.0 Å². The zero-order valence-electron chi connectivity index (χ0n) is 11.7. The summed E-state index contributed by atoms with van der Waals surface area (Å²) in [7, 11) is 0. The number of benzene rings is 2. The Balaban J connectivity index is 1.90. The van der Waals surface area contributed by atoms with Crippen LogP contribution in [0.1, 0.15) is 23.8 Å². The van der Waals surface area contributed by atoms with Gasteiger partial charge >= 0.3 is 0 Å². The van der Waals surface area contributed by atoms with Crippen molar-refractivity contribution in [3.63, 3.8) is 0 Å². The van der Waals surface area contributed by atoms with Gasteiger partial charge in [-0.15, -0.1) is 0 Å². The minimum atomic E-state index is 0.843. The average molecular weight is 265 g/mol. The fraction of sp³-hybridized carbons (Fsp3) is 0.222. The van der Waals surface area contributed by atoms with Crippen molar-refractivity contribution in [1.82, 2.24) is 5.32 Å². The van der Waals surface area contributed by atoms with Crippen LogP contribution in [0.25, 0.3) is 11.0 Å². The quantitative estimate of drug-likeness (QED) is 0.750. The molecular weight excluding hydrogens is 246 g/mol. The lowest BCUT2D eigenvalue weighted by Gasteiger charge is -2.02. The van der Waals surface area contributed by atoms with Gasteiger partial charge in [-0.3, -0.25) is 0 Å². The Morgan fingerprint density at radius 3 is 2.65 bits per heavy atom. The molecule has 3 aromatic rings. The molecular formula is C18H19NO. The average Bonchev–Trinajstić information content (AvgIpc) is 2.89. The van der Waals surface area contributed by atoms with Crippen LogP contribution in [0.3, 0.4) is 0 Å². The summed E-state index contributed by atoms with van der Waals surface area (Å²) in [6, 6.07) is 18.9. The lowest BCUT2D eigenvalue weighted by molar-refractivity contribution is 0.562. The van der Waals surface area contributed by atoms with Gasteiger partial charge in [-0.25, -0.2) is 0 Å². The van der Waals surface area contributed by atoms with E-state index in [1.807, 2.05) is 12.1 Å². The Morgan fingerprint density at radius 2 is 1.85 bits per heavy atom. The first kappa shape index (κ1) is 12.9. The monoisotopic (exact) mass is 265 g/mol. The molecule has 2 aromatic carbocycles. The minimum absolute atomic E-state index is 0.843. The Bertz CT molecular complexity index is 685. The van der Waals surface area contributed by atoms with Gasteiger partial charge in [-0.05, 0) is 29.8 Å². The van der Waals surface area contributed by atoms with Crippen LogP contribution in [0, 0.1) is 0 Å². The molecule has 102 valence electrons. The number of fused-ring (bicyclic) bond motifs is 1. The van der Waals surface area contributed by atoms with Gasteiger partial charge in [-0.1, -0.05) is 49.4 Å². The number of nitrogens with one attached hydrogen (secondary N) is 1. The van der Waals surface area contributed by atoms with Crippen molar-refractivity contribution in [3.05, 3.63) is 71.5 Å². The molecule has 2 nitrogen and oxygen atoms in total. The molecule has 0 aliphatic carbocycles. The van der Waals surface area contributed by atoms with E-state index in [0.29, 0.717) is 0 Å². The molecule has 1 heterocycles. The molecule has 0 saturated carbocycles. The van der Waals surface area contributed by atoms with Crippen LogP contribution in [0.15, 0.2) is 59.0 Å². The number of rotatable bonds is 5. The van der Waals surface area contributed by atoms with Crippen molar-refractivity contribution in [2.45, 2.75) is 19.9 Å². The molecule has 0 unspecified atom stereocenters. The number of hydrogen-bond acceptors (Lipinski definition) is 2. The van der Waals surface area contributed by atoms with E-state index in [9.17, 15) is 0 Å². The summed E-state index contributed by atoms with van der Waals surface area (Å²) >= 11 is 0. The lowest BCUT2D eigenvalue weighted by Crippen LogP contribution is -2.11. The Morgan fingerprint density at radius 1 is 1.00 bits per heavy atom. The second kappa shape index (κ2) is 5.93. The second-order valence-electron chi connectivity index (χ2n) is 4.98. The van der Waals surface area contributed by atoms with E-state index in [2.05, 4.69) is 54.7 Å². The van der Waals surface area contributed by atoms with Gasteiger partial charge in [0.05, 0.1) is 0 Å². The Labute approximate surface area is 119 Å². The minimum Gasteiger partial charge on any atom is -0.461 e. The fourth-order valence-electron chi connectivity index (χ4n) is 2.47. The summed E-state index contributed by atoms with van der Waals surface area (Å²) in [6.07, 6.45) is 0.843. The molecule has 0 aliphatic rings. The summed E-state index contributed by atoms with van der Waals surface area (Å²) < 4.78 is 5.96. The van der Waals surface area contributed by atoms with Crippen LogP contribution in [0.4, 0.5) is 0 Å². The highest BCUT2D eigenvalue weighted by molar-refractivity contribution is 5.81. The van der Waals surface area contributed by atoms with Gasteiger partial charge < -0.3 is 9.73 Å². The molecule has 0 saturated heterocycles. The first-order valence-corrected chi connectivity index (χ1v) is 7.12. The van der Waals surface area contributed by atoms with E-state index in [1.165, 1.54) is 16.5 Å². The highest BCUT2D eigenvalue weighted by Gasteiger charge is 2.08. The predicted molar refractivity (Wildman–Crippen MR) is 82.8 cm³/mol. The maximum Gasteiger partial charge on any atom is 0.134 e. The van der Waals surface area contributed by atoms with Crippen molar-refractivity contribution in [3.8, 4) is 0 Å². The van der Waals surface area contributed by atoms with E-state index in [-0.39, 0.29) is 0 Å². The highest BCUT2D eigenvalue weighted by atomic mass is 16.3. The van der Waals surface area contributed by atoms with Crippen molar-refractivity contribution >= 4 is 11.0 Å². The van der Waals surface area contributed by atoms with Crippen LogP contribution < -0.4 is 5.32 Å². The fourth-order valence-corrected chi connectivity index (χ4v) is 2.47. The van der Waals surface area contributed by atoms with Crippen LogP contribution in [-0.4, -0.2) is 6.54 Å². The molecule has 1 N–H and O–H groups in total. The first-order valence-electron chi connectivity index (χ1n) is 7.12. The van der Waals surface area contributed by atoms with Crippen LogP contribution in [0.2, 0.25) is 0 Å². The number of furan rings is 1. The van der Waals surface area contributed by atoms with E-state index >= 15 is 0 Å². The largest absolute Gasteiger partial charge is 0.461 e. The van der Waals surface area contributed by atoms with Gasteiger partial charge in [0.2, 0.25) is 0 Å². The molecule has 3 rings (SSSR count). The molecule has 20 heavy (non-hydrogen) atoms. The summed E-state index contributed by atoms with van der Waals surface area (Å²) in [6.45, 7) is 3.99. The van der Waals surface area contributed by atoms with E-state index in [4.69, 9.17) is 4.42 Å². The van der Waals surface area contributed by atoms with E-state index in [1.54, 1.807) is 0 Å². The third kappa shape index (κ3) is 2.75. The molecule has 0 amide bonds. The third-order valence-electron chi connectivity index (χ3n) is 3.49. The Kier molecular flexibility index (Phi) is 3.84. The molecule has 0 atom stereocenters. The van der Waals surface area contributed by atoms with Crippen molar-refractivity contribution < 1.29 is 4.42 Å². The number of hydrogen-bond donors (Lipinski definition) is 1. The van der Waals surface area contributed by atoms with Crippen molar-refractivity contribution in [2.75, 3.05) is 6.54 Å². The van der Waals surface area contributed by atoms with Gasteiger partial charge in [-0.2, -0.15) is 0 Å². The third-order valence-corrected chi connectivity index (χ3v) is 3.49. The van der Waals surface area contributed by atoms with Crippen LogP contribution in [0.5, 0.6) is 0 Å². The van der Waals surface area contributed by atoms with Gasteiger partial charge in [0.25, 0.3) is 0 Å². The predicted octanol–water partition coefficient (Wildman–Crippen LogP) is 4.13. The maximum absolute atomic E-state index is 5.96. The second-order valence-corrected chi connectivity index (χ2v) is 4.98. The molecule has 0 fully saturated rings. The summed E-state index contributed by atoms with van der Waals surface area (Å²) in [5.41, 5.74) is 3.55. The van der Waals surface area contributed by atoms with Gasteiger partial charge in [0.15, 0.2) is 0 Å². The maximum atomic E-state index is 5.96. The summed E-state index contributed by atoms with van der Waals surface area (Å²) in [4.78, 5) is 0. The smallest absolute Gasteiger partial charge is 0.134 e. The zero-order valence-corrected chi connectivity index (χ0v) is 11.7. The lowest BCUT2D eigenvalue weighted by atomic mass is 10.1. The molecule has 1 aromatic heterocycles. The summed E-state index contributed by atoms with van der Waals surface area (Å²) in [5.74, 6) is 1.02. The highest BCUT2D eigenvalue weighted by Crippen LogP contribution is 2.24. The topological polar surface area (TPSA) is 25.2 Å². The van der Waals surface area contributed by atoms with E-state index in [0.717, 1.165) is 30.9 Å². The zero-order chi connectivity index (χ0) is 13.8. The Hall–Kier alpha value is -2.06. The molecule has 0 bridgehead atoms.